The zero-order valence-electron chi connectivity index (χ0n) is 29.0. The monoisotopic (exact) mass is 710 g/mol. The number of para-hydroxylation sites is 1. The summed E-state index contributed by atoms with van der Waals surface area (Å²) in [6.07, 6.45) is 1.77. The van der Waals surface area contributed by atoms with E-state index in [0.717, 1.165) is 11.1 Å². The number of pyridine rings is 2. The van der Waals surface area contributed by atoms with Crippen molar-refractivity contribution in [1.29, 1.82) is 0 Å². The van der Waals surface area contributed by atoms with Gasteiger partial charge in [-0.25, -0.2) is 8.42 Å². The molecule has 266 valence electrons. The Balaban J connectivity index is 1.25. The minimum atomic E-state index is -3.71. The molecule has 4 aromatic rings. The summed E-state index contributed by atoms with van der Waals surface area (Å²) >= 11 is 0. The van der Waals surface area contributed by atoms with Gasteiger partial charge in [-0.3, -0.25) is 24.9 Å². The number of hydrogen-bond acceptors (Lipinski definition) is 10. The number of rotatable bonds is 13. The van der Waals surface area contributed by atoms with Crippen LogP contribution in [0, 0.1) is 6.92 Å². The summed E-state index contributed by atoms with van der Waals surface area (Å²) in [5.41, 5.74) is 5.46. The molecule has 1 amide bonds. The number of phenols is 1. The molecule has 0 saturated heterocycles. The zero-order chi connectivity index (χ0) is 36.3. The predicted octanol–water partition coefficient (Wildman–Crippen LogP) is 5.13. The highest BCUT2D eigenvalue weighted by molar-refractivity contribution is 7.90. The molecule has 4 unspecified atom stereocenters. The van der Waals surface area contributed by atoms with Crippen molar-refractivity contribution < 1.29 is 32.6 Å². The number of phenolic OH excluding ortho intramolecular Hbond substituents is 1. The molecule has 0 saturated carbocycles. The molecule has 3 N–H and O–H groups in total. The van der Waals surface area contributed by atoms with E-state index in [1.807, 2.05) is 45.9 Å². The fourth-order valence-corrected chi connectivity index (χ4v) is 8.56. The number of hydrogen-bond donors (Lipinski definition) is 3. The standard InChI is InChI=1S/C39H42N4O7S/c1-5-49-37-29-12-10-18-41-34(29)33-32(36(37)45)35(43-39(33)50-23(2)3)27-16-15-25(19-24(27)4)21-51(47,48)22-26(30-13-8-9-17-40-30)20-42-38(46)28-11-6-7-14-31(28)44/h6-19,23,26,35,37,39,43-44H,5,20-22H2,1-4H3,(H,42,46). The maximum Gasteiger partial charge on any atom is 0.255 e. The summed E-state index contributed by atoms with van der Waals surface area (Å²) in [5, 5.41) is 16.4. The minimum absolute atomic E-state index is 0.000535. The second kappa shape index (κ2) is 15.2. The quantitative estimate of drug-likeness (QED) is 0.170. The van der Waals surface area contributed by atoms with Gasteiger partial charge in [-0.15, -0.1) is 0 Å². The van der Waals surface area contributed by atoms with Crippen LogP contribution in [0.5, 0.6) is 5.75 Å². The predicted molar refractivity (Wildman–Crippen MR) is 193 cm³/mol. The number of carbonyl (C=O) groups excluding carboxylic acids is 2. The highest BCUT2D eigenvalue weighted by Gasteiger charge is 2.47. The van der Waals surface area contributed by atoms with Crippen molar-refractivity contribution in [3.05, 3.63) is 130 Å². The highest BCUT2D eigenvalue weighted by atomic mass is 32.2. The number of Topliss-reactive ketones (excluding diaryl/α,β-unsaturated/α-hetero) is 1. The summed E-state index contributed by atoms with van der Waals surface area (Å²) in [4.78, 5) is 36.0. The summed E-state index contributed by atoms with van der Waals surface area (Å²) in [7, 11) is -3.71. The fourth-order valence-electron chi connectivity index (χ4n) is 6.85. The van der Waals surface area contributed by atoms with Crippen molar-refractivity contribution in [2.75, 3.05) is 18.9 Å². The van der Waals surface area contributed by atoms with Crippen molar-refractivity contribution in [2.45, 2.75) is 63.8 Å². The number of ether oxygens (including phenoxy) is 2. The summed E-state index contributed by atoms with van der Waals surface area (Å²) in [6.45, 7) is 7.97. The van der Waals surface area contributed by atoms with Crippen LogP contribution in [0.4, 0.5) is 0 Å². The second-order valence-corrected chi connectivity index (χ2v) is 15.2. The molecule has 4 atom stereocenters. The molecule has 1 aliphatic carbocycles. The molecule has 11 nitrogen and oxygen atoms in total. The number of nitrogens with one attached hydrogen (secondary N) is 2. The highest BCUT2D eigenvalue weighted by Crippen LogP contribution is 2.47. The van der Waals surface area contributed by atoms with Gasteiger partial charge >= 0.3 is 0 Å². The first kappa shape index (κ1) is 36.1. The Morgan fingerprint density at radius 1 is 0.980 bits per heavy atom. The molecule has 0 spiro atoms. The van der Waals surface area contributed by atoms with Crippen molar-refractivity contribution in [2.24, 2.45) is 0 Å². The lowest BCUT2D eigenvalue weighted by Gasteiger charge is -2.27. The molecule has 0 fully saturated rings. The van der Waals surface area contributed by atoms with Gasteiger partial charge in [0, 0.05) is 53.9 Å². The number of aromatic hydroxyl groups is 1. The van der Waals surface area contributed by atoms with E-state index in [4.69, 9.17) is 9.47 Å². The molecule has 2 aromatic carbocycles. The fraction of sp³-hybridized carbons (Fsp3) is 0.333. The average Bonchev–Trinajstić information content (AvgIpc) is 3.47. The van der Waals surface area contributed by atoms with Gasteiger partial charge in [-0.2, -0.15) is 0 Å². The number of nitrogens with zero attached hydrogens (tertiary/aromatic N) is 2. The number of ketones is 1. The Kier molecular flexibility index (Phi) is 10.8. The molecule has 6 rings (SSSR count). The molecular weight excluding hydrogens is 669 g/mol. The van der Waals surface area contributed by atoms with Crippen LogP contribution in [-0.4, -0.2) is 66.4 Å². The molecule has 51 heavy (non-hydrogen) atoms. The minimum Gasteiger partial charge on any atom is -0.507 e. The van der Waals surface area contributed by atoms with Crippen LogP contribution in [0.3, 0.4) is 0 Å². The molecular formula is C39H42N4O7S. The number of amides is 1. The van der Waals surface area contributed by atoms with Crippen molar-refractivity contribution >= 4 is 27.1 Å². The van der Waals surface area contributed by atoms with E-state index >= 15 is 0 Å². The maximum absolute atomic E-state index is 14.1. The largest absolute Gasteiger partial charge is 0.507 e. The third-order valence-corrected chi connectivity index (χ3v) is 10.7. The lowest BCUT2D eigenvalue weighted by atomic mass is 9.82. The van der Waals surface area contributed by atoms with Gasteiger partial charge in [0.2, 0.25) is 0 Å². The Labute approximate surface area is 298 Å². The molecule has 0 bridgehead atoms. The van der Waals surface area contributed by atoms with Crippen molar-refractivity contribution in [3.63, 3.8) is 0 Å². The SMILES string of the molecule is CCOC1C(=O)C2=C(c3ncccc31)C(OC(C)C)NC2c1ccc(CS(=O)(=O)CC(CNC(=O)c2ccccc2O)c2ccccn2)cc1C. The van der Waals surface area contributed by atoms with E-state index in [1.165, 1.54) is 12.1 Å². The van der Waals surface area contributed by atoms with Crippen molar-refractivity contribution in [1.82, 2.24) is 20.6 Å². The molecule has 0 radical (unpaired) electrons. The Bertz CT molecular complexity index is 2070. The topological polar surface area (TPSA) is 157 Å². The molecule has 2 aliphatic rings. The summed E-state index contributed by atoms with van der Waals surface area (Å²) in [6, 6.07) is 20.0. The maximum atomic E-state index is 14.1. The van der Waals surface area contributed by atoms with Crippen LogP contribution in [0.2, 0.25) is 0 Å². The molecule has 2 aromatic heterocycles. The number of sulfone groups is 1. The van der Waals surface area contributed by atoms with Crippen LogP contribution in [-0.2, 0) is 29.9 Å². The van der Waals surface area contributed by atoms with Crippen LogP contribution in [0.25, 0.3) is 5.57 Å². The van der Waals surface area contributed by atoms with E-state index in [2.05, 4.69) is 20.6 Å². The van der Waals surface area contributed by atoms with Gasteiger partial charge < -0.3 is 19.9 Å². The number of aromatic nitrogens is 2. The first-order valence-electron chi connectivity index (χ1n) is 17.0. The normalized spacial score (nSPS) is 19.2. The third kappa shape index (κ3) is 7.79. The zero-order valence-corrected chi connectivity index (χ0v) is 29.8. The Hall–Kier alpha value is -4.75. The molecule has 3 heterocycles. The van der Waals surface area contributed by atoms with Gasteiger partial charge in [-0.05, 0) is 74.7 Å². The van der Waals surface area contributed by atoms with Gasteiger partial charge in [-0.1, -0.05) is 42.5 Å². The third-order valence-electron chi connectivity index (χ3n) is 9.03. The smallest absolute Gasteiger partial charge is 0.255 e. The molecule has 1 aliphatic heterocycles. The van der Waals surface area contributed by atoms with Gasteiger partial charge in [0.25, 0.3) is 5.91 Å². The first-order valence-corrected chi connectivity index (χ1v) is 18.8. The van der Waals surface area contributed by atoms with Crippen molar-refractivity contribution in [3.8, 4) is 5.75 Å². The number of carbonyl (C=O) groups is 2. The number of fused-ring (bicyclic) bond motifs is 2. The lowest BCUT2D eigenvalue weighted by molar-refractivity contribution is -0.127. The Morgan fingerprint density at radius 2 is 1.75 bits per heavy atom. The van der Waals surface area contributed by atoms with Gasteiger partial charge in [0.1, 0.15) is 18.1 Å². The van der Waals surface area contributed by atoms with E-state index in [1.54, 1.807) is 54.9 Å². The van der Waals surface area contributed by atoms with E-state index in [-0.39, 0.29) is 41.3 Å². The van der Waals surface area contributed by atoms with E-state index in [9.17, 15) is 23.1 Å². The lowest BCUT2D eigenvalue weighted by Crippen LogP contribution is -2.32. The Morgan fingerprint density at radius 3 is 2.45 bits per heavy atom. The average molecular weight is 711 g/mol. The number of aryl methyl sites for hydroxylation is 1. The first-order chi connectivity index (χ1) is 24.5. The van der Waals surface area contributed by atoms with Gasteiger partial charge in [0.15, 0.2) is 15.6 Å². The van der Waals surface area contributed by atoms with E-state index < -0.39 is 40.0 Å². The van der Waals surface area contributed by atoms with Gasteiger partial charge in [0.05, 0.1) is 34.9 Å². The summed E-state index contributed by atoms with van der Waals surface area (Å²) in [5.74, 6) is -1.97. The summed E-state index contributed by atoms with van der Waals surface area (Å²) < 4.78 is 39.7. The number of benzene rings is 2. The van der Waals surface area contributed by atoms with Crippen LogP contribution in [0.15, 0.2) is 90.8 Å². The van der Waals surface area contributed by atoms with Crippen LogP contribution in [0.1, 0.15) is 82.8 Å². The van der Waals surface area contributed by atoms with Crippen LogP contribution >= 0.6 is 0 Å². The van der Waals surface area contributed by atoms with E-state index in [0.29, 0.717) is 40.3 Å². The second-order valence-electron chi connectivity index (χ2n) is 13.1. The molecule has 12 heteroatoms. The van der Waals surface area contributed by atoms with Crippen LogP contribution < -0.4 is 10.6 Å².